The van der Waals surface area contributed by atoms with Crippen LogP contribution in [0, 0.1) is 5.82 Å². The maximum absolute atomic E-state index is 13.4. The molecule has 1 heterocycles. The van der Waals surface area contributed by atoms with Crippen LogP contribution in [0.5, 0.6) is 5.75 Å². The van der Waals surface area contributed by atoms with Gasteiger partial charge < -0.3 is 10.1 Å². The highest BCUT2D eigenvalue weighted by Gasteiger charge is 2.18. The first-order chi connectivity index (χ1) is 15.5. The molecule has 32 heavy (non-hydrogen) atoms. The van der Waals surface area contributed by atoms with Crippen molar-refractivity contribution in [1.82, 2.24) is 9.55 Å². The lowest BCUT2D eigenvalue weighted by atomic mass is 10.2. The minimum absolute atomic E-state index is 0.0514. The molecular weight excluding hydrogens is 453 g/mol. The Labute approximate surface area is 192 Å². The quantitative estimate of drug-likeness (QED) is 0.320. The van der Waals surface area contributed by atoms with E-state index in [0.29, 0.717) is 38.2 Å². The summed E-state index contributed by atoms with van der Waals surface area (Å²) in [5.74, 6) is -0.388. The van der Waals surface area contributed by atoms with Gasteiger partial charge in [-0.2, -0.15) is 0 Å². The van der Waals surface area contributed by atoms with Crippen molar-refractivity contribution in [3.8, 4) is 11.4 Å². The summed E-state index contributed by atoms with van der Waals surface area (Å²) in [4.78, 5) is 30.4. The molecule has 0 aliphatic rings. The molecule has 0 aliphatic heterocycles. The minimum Gasteiger partial charge on any atom is -0.495 e. The van der Waals surface area contributed by atoms with Crippen LogP contribution in [-0.2, 0) is 4.79 Å². The molecule has 0 saturated carbocycles. The normalized spacial score (nSPS) is 10.8. The number of ether oxygens (including phenoxy) is 1. The zero-order valence-corrected chi connectivity index (χ0v) is 18.4. The van der Waals surface area contributed by atoms with Crippen LogP contribution >= 0.6 is 23.4 Å². The molecule has 0 bridgehead atoms. The number of rotatable bonds is 6. The number of carbonyl (C=O) groups is 1. The van der Waals surface area contributed by atoms with Gasteiger partial charge >= 0.3 is 0 Å². The first kappa shape index (κ1) is 21.9. The number of halogens is 2. The number of nitrogens with one attached hydrogen (secondary N) is 1. The maximum Gasteiger partial charge on any atom is 0.266 e. The highest BCUT2D eigenvalue weighted by Crippen LogP contribution is 2.28. The Kier molecular flexibility index (Phi) is 6.43. The van der Waals surface area contributed by atoms with E-state index in [2.05, 4.69) is 10.3 Å². The third-order valence-corrected chi connectivity index (χ3v) is 5.74. The topological polar surface area (TPSA) is 73.2 Å². The van der Waals surface area contributed by atoms with Crippen molar-refractivity contribution in [1.29, 1.82) is 0 Å². The zero-order valence-electron chi connectivity index (χ0n) is 16.8. The Morgan fingerprint density at radius 3 is 2.75 bits per heavy atom. The van der Waals surface area contributed by atoms with Gasteiger partial charge in [0.2, 0.25) is 5.91 Å². The predicted octanol–water partition coefficient (Wildman–Crippen LogP) is 4.92. The summed E-state index contributed by atoms with van der Waals surface area (Å²) in [5.41, 5.74) is 0.944. The summed E-state index contributed by atoms with van der Waals surface area (Å²) in [7, 11) is 1.51. The van der Waals surface area contributed by atoms with Crippen molar-refractivity contribution in [2.75, 3.05) is 18.2 Å². The van der Waals surface area contributed by atoms with Crippen molar-refractivity contribution < 1.29 is 13.9 Å². The molecule has 4 rings (SSSR count). The van der Waals surface area contributed by atoms with Crippen LogP contribution in [0.3, 0.4) is 0 Å². The highest BCUT2D eigenvalue weighted by atomic mass is 35.5. The number of hydrogen-bond donors (Lipinski definition) is 1. The van der Waals surface area contributed by atoms with Crippen LogP contribution in [0.25, 0.3) is 16.6 Å². The number of nitrogens with zero attached hydrogens (tertiary/aromatic N) is 2. The van der Waals surface area contributed by atoms with E-state index in [-0.39, 0.29) is 17.2 Å². The third kappa shape index (κ3) is 4.61. The van der Waals surface area contributed by atoms with E-state index in [9.17, 15) is 14.0 Å². The second-order valence-electron chi connectivity index (χ2n) is 6.72. The highest BCUT2D eigenvalue weighted by molar-refractivity contribution is 7.99. The van der Waals surface area contributed by atoms with Crippen molar-refractivity contribution in [2.24, 2.45) is 0 Å². The molecular formula is C23H17ClFN3O3S. The summed E-state index contributed by atoms with van der Waals surface area (Å²) >= 11 is 7.16. The summed E-state index contributed by atoms with van der Waals surface area (Å²) in [6, 6.07) is 17.5. The third-order valence-electron chi connectivity index (χ3n) is 4.57. The largest absolute Gasteiger partial charge is 0.495 e. The number of para-hydroxylation sites is 2. The second kappa shape index (κ2) is 9.42. The molecule has 162 valence electrons. The number of methoxy groups -OCH3 is 1. The van der Waals surface area contributed by atoms with E-state index in [0.717, 1.165) is 11.8 Å². The number of anilines is 1. The van der Waals surface area contributed by atoms with Crippen LogP contribution in [0.2, 0.25) is 5.02 Å². The fourth-order valence-corrected chi connectivity index (χ4v) is 4.13. The van der Waals surface area contributed by atoms with E-state index in [1.54, 1.807) is 48.5 Å². The Morgan fingerprint density at radius 1 is 1.16 bits per heavy atom. The van der Waals surface area contributed by atoms with Crippen molar-refractivity contribution in [2.45, 2.75) is 5.16 Å². The van der Waals surface area contributed by atoms with Gasteiger partial charge in [0, 0.05) is 10.7 Å². The number of carbonyl (C=O) groups excluding carboxylic acids is 1. The monoisotopic (exact) mass is 469 g/mol. The van der Waals surface area contributed by atoms with E-state index >= 15 is 0 Å². The van der Waals surface area contributed by atoms with Gasteiger partial charge in [0.25, 0.3) is 5.56 Å². The van der Waals surface area contributed by atoms with Gasteiger partial charge in [0.05, 0.1) is 29.5 Å². The minimum atomic E-state index is -0.450. The van der Waals surface area contributed by atoms with E-state index in [1.807, 2.05) is 0 Å². The van der Waals surface area contributed by atoms with Crippen LogP contribution in [0.4, 0.5) is 10.1 Å². The maximum atomic E-state index is 13.4. The lowest BCUT2D eigenvalue weighted by molar-refractivity contribution is -0.113. The number of amides is 1. The molecule has 3 aromatic carbocycles. The van der Waals surface area contributed by atoms with Gasteiger partial charge in [0.1, 0.15) is 11.6 Å². The van der Waals surface area contributed by atoms with Crippen molar-refractivity contribution in [3.05, 3.63) is 87.9 Å². The first-order valence-corrected chi connectivity index (χ1v) is 10.9. The Balaban J connectivity index is 1.73. The molecule has 1 N–H and O–H groups in total. The molecule has 0 unspecified atom stereocenters. The van der Waals surface area contributed by atoms with Gasteiger partial charge in [-0.15, -0.1) is 0 Å². The fraction of sp³-hybridized carbons (Fsp3) is 0.0870. The molecule has 4 aromatic rings. The van der Waals surface area contributed by atoms with Crippen LogP contribution in [0.1, 0.15) is 0 Å². The van der Waals surface area contributed by atoms with Crippen LogP contribution in [0.15, 0.2) is 76.7 Å². The second-order valence-corrected chi connectivity index (χ2v) is 8.09. The molecule has 0 aliphatic carbocycles. The Morgan fingerprint density at radius 2 is 1.97 bits per heavy atom. The summed E-state index contributed by atoms with van der Waals surface area (Å²) in [6.07, 6.45) is 0. The summed E-state index contributed by atoms with van der Waals surface area (Å²) in [5, 5.41) is 3.76. The fourth-order valence-electron chi connectivity index (χ4n) is 3.16. The molecule has 1 amide bonds. The van der Waals surface area contributed by atoms with Gasteiger partial charge in [-0.25, -0.2) is 9.37 Å². The average Bonchev–Trinajstić information content (AvgIpc) is 2.77. The number of hydrogen-bond acceptors (Lipinski definition) is 5. The van der Waals surface area contributed by atoms with E-state index in [4.69, 9.17) is 16.3 Å². The number of thioether (sulfide) groups is 1. The summed E-state index contributed by atoms with van der Waals surface area (Å²) < 4.78 is 20.2. The Hall–Kier alpha value is -3.36. The molecule has 1 aromatic heterocycles. The molecule has 0 radical (unpaired) electrons. The molecule has 0 atom stereocenters. The summed E-state index contributed by atoms with van der Waals surface area (Å²) in [6.45, 7) is 0. The molecule has 0 saturated heterocycles. The van der Waals surface area contributed by atoms with Gasteiger partial charge in [-0.1, -0.05) is 41.6 Å². The lowest BCUT2D eigenvalue weighted by Crippen LogP contribution is -2.23. The SMILES string of the molecule is COc1ccccc1-n1c(SCC(=O)Nc2cccc(F)c2)nc2cc(Cl)ccc2c1=O. The molecule has 6 nitrogen and oxygen atoms in total. The van der Waals surface area contributed by atoms with E-state index in [1.165, 1.54) is 29.9 Å². The number of fused-ring (bicyclic) bond motifs is 1. The van der Waals surface area contributed by atoms with Crippen LogP contribution in [-0.4, -0.2) is 28.3 Å². The Bertz CT molecular complexity index is 1380. The number of benzene rings is 3. The average molecular weight is 470 g/mol. The smallest absolute Gasteiger partial charge is 0.266 e. The lowest BCUT2D eigenvalue weighted by Gasteiger charge is -2.15. The van der Waals surface area contributed by atoms with Crippen LogP contribution < -0.4 is 15.6 Å². The van der Waals surface area contributed by atoms with E-state index < -0.39 is 5.82 Å². The van der Waals surface area contributed by atoms with Gasteiger partial charge in [0.15, 0.2) is 5.16 Å². The number of aromatic nitrogens is 2. The zero-order chi connectivity index (χ0) is 22.7. The molecule has 9 heteroatoms. The van der Waals surface area contributed by atoms with Gasteiger partial charge in [-0.05, 0) is 48.5 Å². The molecule has 0 spiro atoms. The molecule has 0 fully saturated rings. The first-order valence-electron chi connectivity index (χ1n) is 9.50. The predicted molar refractivity (Wildman–Crippen MR) is 125 cm³/mol. The van der Waals surface area contributed by atoms with Crippen molar-refractivity contribution >= 4 is 45.9 Å². The van der Waals surface area contributed by atoms with Crippen molar-refractivity contribution in [3.63, 3.8) is 0 Å². The standard InChI is InChI=1S/C23H17ClFN3O3S/c1-31-20-8-3-2-7-19(20)28-22(30)17-10-9-14(24)11-18(17)27-23(28)32-13-21(29)26-16-6-4-5-15(25)12-16/h2-12H,13H2,1H3,(H,26,29). The van der Waals surface area contributed by atoms with Gasteiger partial charge in [-0.3, -0.25) is 14.2 Å².